The molecule has 88 valence electrons. The minimum atomic E-state index is 0.200. The fraction of sp³-hybridized carbons (Fsp3) is 0.909. The lowest BCUT2D eigenvalue weighted by Crippen LogP contribution is -2.30. The summed E-state index contributed by atoms with van der Waals surface area (Å²) < 4.78 is 0. The smallest absolute Gasteiger partial charge is 0.223 e. The quantitative estimate of drug-likeness (QED) is 0.653. The van der Waals surface area contributed by atoms with E-state index < -0.39 is 0 Å². The first kappa shape index (κ1) is 12.5. The molecule has 1 unspecified atom stereocenters. The van der Waals surface area contributed by atoms with Crippen LogP contribution in [0.2, 0.25) is 0 Å². The summed E-state index contributed by atoms with van der Waals surface area (Å²) in [7, 11) is 5.76. The Morgan fingerprint density at radius 1 is 1.53 bits per heavy atom. The van der Waals surface area contributed by atoms with Crippen LogP contribution in [-0.4, -0.2) is 63.0 Å². The number of amides is 1. The minimum absolute atomic E-state index is 0.200. The molecule has 1 saturated heterocycles. The van der Waals surface area contributed by atoms with E-state index in [4.69, 9.17) is 0 Å². The van der Waals surface area contributed by atoms with Crippen molar-refractivity contribution < 1.29 is 4.79 Å². The zero-order chi connectivity index (χ0) is 11.3. The van der Waals surface area contributed by atoms with Crippen molar-refractivity contribution in [1.82, 2.24) is 15.1 Å². The first-order valence-electron chi connectivity index (χ1n) is 5.69. The van der Waals surface area contributed by atoms with E-state index in [1.54, 1.807) is 19.0 Å². The molecule has 1 rings (SSSR count). The van der Waals surface area contributed by atoms with E-state index in [1.807, 2.05) is 0 Å². The normalized spacial score (nSPS) is 21.9. The zero-order valence-corrected chi connectivity index (χ0v) is 10.1. The molecule has 0 saturated carbocycles. The fourth-order valence-corrected chi connectivity index (χ4v) is 1.92. The second kappa shape index (κ2) is 6.08. The summed E-state index contributed by atoms with van der Waals surface area (Å²) in [6.07, 6.45) is 1.89. The van der Waals surface area contributed by atoms with E-state index in [-0.39, 0.29) is 5.91 Å². The molecule has 0 aromatic carbocycles. The van der Waals surface area contributed by atoms with Crippen molar-refractivity contribution in [1.29, 1.82) is 0 Å². The molecule has 1 atom stereocenters. The first-order chi connectivity index (χ1) is 7.09. The molecular formula is C11H23N3O. The number of hydrogen-bond donors (Lipinski definition) is 1. The van der Waals surface area contributed by atoms with Crippen LogP contribution in [0.4, 0.5) is 0 Å². The highest BCUT2D eigenvalue weighted by Crippen LogP contribution is 2.12. The molecule has 1 aliphatic rings. The van der Waals surface area contributed by atoms with Crippen LogP contribution in [0.1, 0.15) is 12.8 Å². The summed E-state index contributed by atoms with van der Waals surface area (Å²) in [5.74, 6) is 0.968. The van der Waals surface area contributed by atoms with Crippen molar-refractivity contribution in [3.05, 3.63) is 0 Å². The Hall–Kier alpha value is -0.610. The zero-order valence-electron chi connectivity index (χ0n) is 10.1. The van der Waals surface area contributed by atoms with E-state index in [0.717, 1.165) is 19.0 Å². The Kier molecular flexibility index (Phi) is 5.05. The van der Waals surface area contributed by atoms with Crippen LogP contribution < -0.4 is 5.32 Å². The maximum Gasteiger partial charge on any atom is 0.223 e. The molecule has 0 aliphatic carbocycles. The lowest BCUT2D eigenvalue weighted by atomic mass is 10.1. The predicted octanol–water partition coefficient (Wildman–Crippen LogP) is 0.00600. The van der Waals surface area contributed by atoms with Gasteiger partial charge in [0.25, 0.3) is 0 Å². The summed E-state index contributed by atoms with van der Waals surface area (Å²) in [5.41, 5.74) is 0. The third kappa shape index (κ3) is 4.62. The Morgan fingerprint density at radius 2 is 2.27 bits per heavy atom. The lowest BCUT2D eigenvalue weighted by Gasteiger charge is -2.13. The van der Waals surface area contributed by atoms with Gasteiger partial charge in [-0.2, -0.15) is 0 Å². The largest absolute Gasteiger partial charge is 0.349 e. The summed E-state index contributed by atoms with van der Waals surface area (Å²) in [6, 6.07) is 0. The van der Waals surface area contributed by atoms with Crippen LogP contribution >= 0.6 is 0 Å². The summed E-state index contributed by atoms with van der Waals surface area (Å²) in [4.78, 5) is 15.3. The van der Waals surface area contributed by atoms with Gasteiger partial charge in [-0.25, -0.2) is 0 Å². The number of carbonyl (C=O) groups is 1. The maximum atomic E-state index is 11.3. The molecule has 1 fully saturated rings. The molecule has 0 aromatic heterocycles. The Bertz CT molecular complexity index is 206. The third-order valence-corrected chi connectivity index (χ3v) is 2.94. The summed E-state index contributed by atoms with van der Waals surface area (Å²) >= 11 is 0. The van der Waals surface area contributed by atoms with E-state index in [0.29, 0.717) is 6.42 Å². The highest BCUT2D eigenvalue weighted by atomic mass is 16.2. The van der Waals surface area contributed by atoms with Crippen molar-refractivity contribution >= 4 is 5.91 Å². The van der Waals surface area contributed by atoms with Gasteiger partial charge in [0.2, 0.25) is 5.91 Å². The molecule has 0 aromatic rings. The van der Waals surface area contributed by atoms with E-state index in [2.05, 4.69) is 17.3 Å². The van der Waals surface area contributed by atoms with E-state index in [1.165, 1.54) is 19.5 Å². The average Bonchev–Trinajstić information content (AvgIpc) is 2.58. The van der Waals surface area contributed by atoms with Crippen LogP contribution in [0.3, 0.4) is 0 Å². The van der Waals surface area contributed by atoms with E-state index >= 15 is 0 Å². The number of likely N-dealkylation sites (tertiary alicyclic amines) is 1. The van der Waals surface area contributed by atoms with Gasteiger partial charge < -0.3 is 15.1 Å². The second-order valence-electron chi connectivity index (χ2n) is 4.66. The SMILES string of the molecule is CN1CCC(CNCCC(=O)N(C)C)C1. The average molecular weight is 213 g/mol. The number of carbonyl (C=O) groups excluding carboxylic acids is 1. The molecule has 15 heavy (non-hydrogen) atoms. The summed E-state index contributed by atoms with van der Waals surface area (Å²) in [5, 5.41) is 3.36. The van der Waals surface area contributed by atoms with Crippen molar-refractivity contribution in [2.45, 2.75) is 12.8 Å². The molecule has 4 heteroatoms. The van der Waals surface area contributed by atoms with Crippen LogP contribution in [0.25, 0.3) is 0 Å². The van der Waals surface area contributed by atoms with Gasteiger partial charge in [-0.1, -0.05) is 0 Å². The molecule has 0 bridgehead atoms. The van der Waals surface area contributed by atoms with Gasteiger partial charge in [0.1, 0.15) is 0 Å². The molecule has 0 radical (unpaired) electrons. The monoisotopic (exact) mass is 213 g/mol. The molecule has 1 N–H and O–H groups in total. The molecule has 0 spiro atoms. The highest BCUT2D eigenvalue weighted by Gasteiger charge is 2.18. The van der Waals surface area contributed by atoms with E-state index in [9.17, 15) is 4.79 Å². The Balaban J connectivity index is 2.00. The van der Waals surface area contributed by atoms with Crippen LogP contribution in [-0.2, 0) is 4.79 Å². The molecule has 1 heterocycles. The number of nitrogens with one attached hydrogen (secondary N) is 1. The van der Waals surface area contributed by atoms with Crippen molar-refractivity contribution in [2.75, 3.05) is 47.3 Å². The van der Waals surface area contributed by atoms with Crippen molar-refractivity contribution in [2.24, 2.45) is 5.92 Å². The van der Waals surface area contributed by atoms with Gasteiger partial charge in [-0.05, 0) is 32.5 Å². The highest BCUT2D eigenvalue weighted by molar-refractivity contribution is 5.75. The minimum Gasteiger partial charge on any atom is -0.349 e. The van der Waals surface area contributed by atoms with Gasteiger partial charge in [0.15, 0.2) is 0 Å². The van der Waals surface area contributed by atoms with Gasteiger partial charge in [0, 0.05) is 33.6 Å². The maximum absolute atomic E-state index is 11.3. The second-order valence-corrected chi connectivity index (χ2v) is 4.66. The molecule has 1 amide bonds. The standard InChI is InChI=1S/C11H23N3O/c1-13(2)11(15)4-6-12-8-10-5-7-14(3)9-10/h10,12H,4-9H2,1-3H3. The van der Waals surface area contributed by atoms with Crippen LogP contribution in [0, 0.1) is 5.92 Å². The molecular weight excluding hydrogens is 190 g/mol. The molecule has 4 nitrogen and oxygen atoms in total. The molecule has 1 aliphatic heterocycles. The number of hydrogen-bond acceptors (Lipinski definition) is 3. The fourth-order valence-electron chi connectivity index (χ4n) is 1.92. The van der Waals surface area contributed by atoms with Gasteiger partial charge >= 0.3 is 0 Å². The van der Waals surface area contributed by atoms with Gasteiger partial charge in [-0.15, -0.1) is 0 Å². The topological polar surface area (TPSA) is 35.6 Å². The Morgan fingerprint density at radius 3 is 2.80 bits per heavy atom. The number of nitrogens with zero attached hydrogens (tertiary/aromatic N) is 2. The predicted molar refractivity (Wildman–Crippen MR) is 61.8 cm³/mol. The first-order valence-corrected chi connectivity index (χ1v) is 5.69. The lowest BCUT2D eigenvalue weighted by molar-refractivity contribution is -0.128. The third-order valence-electron chi connectivity index (χ3n) is 2.94. The van der Waals surface area contributed by atoms with Gasteiger partial charge in [-0.3, -0.25) is 4.79 Å². The summed E-state index contributed by atoms with van der Waals surface area (Å²) in [6.45, 7) is 4.25. The van der Waals surface area contributed by atoms with Crippen molar-refractivity contribution in [3.63, 3.8) is 0 Å². The Labute approximate surface area is 92.6 Å². The van der Waals surface area contributed by atoms with Crippen LogP contribution in [0.15, 0.2) is 0 Å². The van der Waals surface area contributed by atoms with Crippen molar-refractivity contribution in [3.8, 4) is 0 Å². The van der Waals surface area contributed by atoms with Crippen LogP contribution in [0.5, 0.6) is 0 Å². The number of rotatable bonds is 5. The van der Waals surface area contributed by atoms with Gasteiger partial charge in [0.05, 0.1) is 0 Å².